The van der Waals surface area contributed by atoms with E-state index in [0.717, 1.165) is 19.1 Å². The maximum absolute atomic E-state index is 6.47. The predicted molar refractivity (Wildman–Crippen MR) is 78.1 cm³/mol. The van der Waals surface area contributed by atoms with Crippen LogP contribution < -0.4 is 5.73 Å². The van der Waals surface area contributed by atoms with E-state index in [1.165, 1.54) is 51.4 Å². The van der Waals surface area contributed by atoms with Gasteiger partial charge in [0.05, 0.1) is 12.7 Å². The number of fused-ring (bicyclic) bond motifs is 1. The number of hydrogen-bond donors (Lipinski definition) is 1. The topological polar surface area (TPSA) is 38.5 Å². The van der Waals surface area contributed by atoms with Gasteiger partial charge in [0.2, 0.25) is 0 Å². The zero-order valence-corrected chi connectivity index (χ0v) is 12.4. The van der Waals surface area contributed by atoms with E-state index in [1.54, 1.807) is 0 Å². The Balaban J connectivity index is 1.68. The highest BCUT2D eigenvalue weighted by Crippen LogP contribution is 2.36. The summed E-state index contributed by atoms with van der Waals surface area (Å²) in [7, 11) is 0. The molecule has 0 radical (unpaired) electrons. The smallest absolute Gasteiger partial charge is 0.0731 e. The fraction of sp³-hybridized carbons (Fsp3) is 1.00. The summed E-state index contributed by atoms with van der Waals surface area (Å²) in [6, 6.07) is 1.69. The molecule has 110 valence electrons. The van der Waals surface area contributed by atoms with Gasteiger partial charge in [-0.3, -0.25) is 4.90 Å². The molecule has 3 fully saturated rings. The maximum Gasteiger partial charge on any atom is 0.0731 e. The summed E-state index contributed by atoms with van der Waals surface area (Å²) >= 11 is 0. The summed E-state index contributed by atoms with van der Waals surface area (Å²) in [5.74, 6) is 0.914. The number of nitrogens with zero attached hydrogens (tertiary/aromatic N) is 1. The fourth-order valence-electron chi connectivity index (χ4n) is 4.67. The molecule has 5 atom stereocenters. The fourth-order valence-corrected chi connectivity index (χ4v) is 4.67. The first kappa shape index (κ1) is 13.8. The van der Waals surface area contributed by atoms with Gasteiger partial charge in [-0.25, -0.2) is 0 Å². The third-order valence-corrected chi connectivity index (χ3v) is 5.63. The normalized spacial score (nSPS) is 44.2. The molecule has 0 aromatic rings. The first-order valence-electron chi connectivity index (χ1n) is 8.42. The van der Waals surface area contributed by atoms with Gasteiger partial charge in [-0.1, -0.05) is 19.8 Å². The molecule has 19 heavy (non-hydrogen) atoms. The van der Waals surface area contributed by atoms with E-state index >= 15 is 0 Å². The van der Waals surface area contributed by atoms with Gasteiger partial charge in [-0.15, -0.1) is 0 Å². The molecule has 0 aromatic carbocycles. The molecule has 1 heterocycles. The van der Waals surface area contributed by atoms with Crippen LogP contribution in [0.1, 0.15) is 58.3 Å². The van der Waals surface area contributed by atoms with E-state index in [4.69, 9.17) is 10.5 Å². The SMILES string of the molecule is CCCC1CCC(N)C(N2CCOC3CCCC32)C1. The van der Waals surface area contributed by atoms with Gasteiger partial charge < -0.3 is 10.5 Å². The second-order valence-electron chi connectivity index (χ2n) is 6.84. The zero-order chi connectivity index (χ0) is 13.2. The molecule has 3 nitrogen and oxygen atoms in total. The van der Waals surface area contributed by atoms with E-state index in [9.17, 15) is 0 Å². The lowest BCUT2D eigenvalue weighted by atomic mass is 9.79. The average Bonchev–Trinajstić information content (AvgIpc) is 2.89. The molecule has 1 saturated heterocycles. The average molecular weight is 266 g/mol. The Hall–Kier alpha value is -0.120. The Morgan fingerprint density at radius 3 is 2.89 bits per heavy atom. The summed E-state index contributed by atoms with van der Waals surface area (Å²) in [5.41, 5.74) is 6.47. The van der Waals surface area contributed by atoms with Gasteiger partial charge in [0, 0.05) is 24.7 Å². The zero-order valence-electron chi connectivity index (χ0n) is 12.4. The van der Waals surface area contributed by atoms with Crippen LogP contribution in [-0.2, 0) is 4.74 Å². The van der Waals surface area contributed by atoms with Crippen molar-refractivity contribution in [3.05, 3.63) is 0 Å². The maximum atomic E-state index is 6.47. The van der Waals surface area contributed by atoms with Crippen molar-refractivity contribution in [2.75, 3.05) is 13.2 Å². The van der Waals surface area contributed by atoms with Gasteiger partial charge in [-0.05, 0) is 44.4 Å². The molecule has 2 N–H and O–H groups in total. The number of morpholine rings is 1. The first-order chi connectivity index (χ1) is 9.29. The third kappa shape index (κ3) is 2.84. The standard InChI is InChI=1S/C16H30N2O/c1-2-4-12-7-8-13(17)15(11-12)18-9-10-19-16-6-3-5-14(16)18/h12-16H,2-11,17H2,1H3. The molecule has 3 rings (SSSR count). The first-order valence-corrected chi connectivity index (χ1v) is 8.42. The Bertz CT molecular complexity index is 296. The third-order valence-electron chi connectivity index (χ3n) is 5.63. The molecule has 0 bridgehead atoms. The van der Waals surface area contributed by atoms with Gasteiger partial charge in [0.15, 0.2) is 0 Å². The molecule has 1 aliphatic heterocycles. The summed E-state index contributed by atoms with van der Waals surface area (Å²) in [4.78, 5) is 2.74. The van der Waals surface area contributed by atoms with Crippen molar-refractivity contribution in [1.29, 1.82) is 0 Å². The summed E-state index contributed by atoms with van der Waals surface area (Å²) in [5, 5.41) is 0. The van der Waals surface area contributed by atoms with Crippen molar-refractivity contribution in [1.82, 2.24) is 4.90 Å². The van der Waals surface area contributed by atoms with Crippen LogP contribution in [0.4, 0.5) is 0 Å². The van der Waals surface area contributed by atoms with Crippen LogP contribution in [0.25, 0.3) is 0 Å². The van der Waals surface area contributed by atoms with Crippen molar-refractivity contribution in [2.45, 2.75) is 82.5 Å². The van der Waals surface area contributed by atoms with Crippen molar-refractivity contribution in [3.8, 4) is 0 Å². The molecular weight excluding hydrogens is 236 g/mol. The highest BCUT2D eigenvalue weighted by molar-refractivity contribution is 4.97. The van der Waals surface area contributed by atoms with Gasteiger partial charge >= 0.3 is 0 Å². The molecular formula is C16H30N2O. The highest BCUT2D eigenvalue weighted by Gasteiger charge is 2.42. The number of nitrogens with two attached hydrogens (primary N) is 1. The molecule has 3 aliphatic rings. The minimum Gasteiger partial charge on any atom is -0.375 e. The van der Waals surface area contributed by atoms with Crippen LogP contribution in [0.2, 0.25) is 0 Å². The summed E-state index contributed by atoms with van der Waals surface area (Å²) in [6.07, 6.45) is 11.1. The van der Waals surface area contributed by atoms with Gasteiger partial charge in [0.1, 0.15) is 0 Å². The second kappa shape index (κ2) is 6.11. The quantitative estimate of drug-likeness (QED) is 0.853. The molecule has 3 heteroatoms. The Morgan fingerprint density at radius 1 is 1.16 bits per heavy atom. The van der Waals surface area contributed by atoms with E-state index in [2.05, 4.69) is 11.8 Å². The monoisotopic (exact) mass is 266 g/mol. The lowest BCUT2D eigenvalue weighted by molar-refractivity contribution is -0.0828. The van der Waals surface area contributed by atoms with Gasteiger partial charge in [0.25, 0.3) is 0 Å². The molecule has 5 unspecified atom stereocenters. The van der Waals surface area contributed by atoms with E-state index in [-0.39, 0.29) is 0 Å². The Labute approximate surface area is 117 Å². The molecule has 0 aromatic heterocycles. The molecule has 0 amide bonds. The number of rotatable bonds is 3. The van der Waals surface area contributed by atoms with Crippen LogP contribution in [-0.4, -0.2) is 42.3 Å². The summed E-state index contributed by atoms with van der Waals surface area (Å²) < 4.78 is 5.95. The van der Waals surface area contributed by atoms with Crippen molar-refractivity contribution in [3.63, 3.8) is 0 Å². The largest absolute Gasteiger partial charge is 0.375 e. The van der Waals surface area contributed by atoms with Crippen LogP contribution in [0, 0.1) is 5.92 Å². The molecule has 2 aliphatic carbocycles. The Morgan fingerprint density at radius 2 is 2.05 bits per heavy atom. The van der Waals surface area contributed by atoms with Crippen molar-refractivity contribution in [2.24, 2.45) is 11.7 Å². The Kier molecular flexibility index (Phi) is 4.45. The van der Waals surface area contributed by atoms with Crippen LogP contribution in [0.5, 0.6) is 0 Å². The number of hydrogen-bond acceptors (Lipinski definition) is 3. The van der Waals surface area contributed by atoms with E-state index in [1.807, 2.05) is 0 Å². The highest BCUT2D eigenvalue weighted by atomic mass is 16.5. The predicted octanol–water partition coefficient (Wildman–Crippen LogP) is 2.54. The minimum absolute atomic E-state index is 0.396. The second-order valence-corrected chi connectivity index (χ2v) is 6.84. The van der Waals surface area contributed by atoms with Crippen LogP contribution >= 0.6 is 0 Å². The minimum atomic E-state index is 0.396. The summed E-state index contributed by atoms with van der Waals surface area (Å²) in [6.45, 7) is 4.34. The van der Waals surface area contributed by atoms with Crippen LogP contribution in [0.3, 0.4) is 0 Å². The molecule has 0 spiro atoms. The van der Waals surface area contributed by atoms with E-state index in [0.29, 0.717) is 24.2 Å². The van der Waals surface area contributed by atoms with Crippen molar-refractivity contribution >= 4 is 0 Å². The van der Waals surface area contributed by atoms with Gasteiger partial charge in [-0.2, -0.15) is 0 Å². The lowest BCUT2D eigenvalue weighted by Gasteiger charge is -2.47. The number of ether oxygens (including phenoxy) is 1. The molecule has 2 saturated carbocycles. The van der Waals surface area contributed by atoms with E-state index < -0.39 is 0 Å². The van der Waals surface area contributed by atoms with Crippen LogP contribution in [0.15, 0.2) is 0 Å². The lowest BCUT2D eigenvalue weighted by Crippen LogP contribution is -2.59. The van der Waals surface area contributed by atoms with Crippen molar-refractivity contribution < 1.29 is 4.74 Å².